The summed E-state index contributed by atoms with van der Waals surface area (Å²) in [5.74, 6) is -1.75. The van der Waals surface area contributed by atoms with Crippen LogP contribution in [0.5, 0.6) is 0 Å². The molecule has 0 aliphatic carbocycles. The number of hydrogen-bond acceptors (Lipinski definition) is 5. The molecule has 1 aromatic carbocycles. The van der Waals surface area contributed by atoms with Crippen LogP contribution in [-0.4, -0.2) is 67.8 Å². The van der Waals surface area contributed by atoms with Crippen molar-refractivity contribution in [2.45, 2.75) is 47.2 Å². The lowest BCUT2D eigenvalue weighted by Gasteiger charge is -2.35. The molecule has 9 heteroatoms. The number of aliphatic hydroxyl groups is 1. The highest BCUT2D eigenvalue weighted by Crippen LogP contribution is 2.67. The minimum Gasteiger partial charge on any atom is -0.395 e. The third-order valence-electron chi connectivity index (χ3n) is 6.15. The van der Waals surface area contributed by atoms with Crippen molar-refractivity contribution in [1.82, 2.24) is 10.2 Å². The third-order valence-corrected chi connectivity index (χ3v) is 9.37. The van der Waals surface area contributed by atoms with Gasteiger partial charge in [-0.05, 0) is 32.4 Å². The topological polar surface area (TPSA) is 98.7 Å². The number of aliphatic hydroxyl groups excluding tert-OH is 1. The van der Waals surface area contributed by atoms with Gasteiger partial charge in [0.05, 0.1) is 23.2 Å². The zero-order chi connectivity index (χ0) is 21.6. The summed E-state index contributed by atoms with van der Waals surface area (Å²) in [7, 11) is 0. The second-order valence-corrected chi connectivity index (χ2v) is 11.2. The molecule has 1 spiro atoms. The number of halogens is 1. The zero-order valence-corrected chi connectivity index (χ0v) is 19.3. The van der Waals surface area contributed by atoms with Crippen molar-refractivity contribution in [3.63, 3.8) is 0 Å². The van der Waals surface area contributed by atoms with Gasteiger partial charge < -0.3 is 20.6 Å². The number of alkyl halides is 1. The van der Waals surface area contributed by atoms with E-state index in [0.717, 1.165) is 0 Å². The number of amides is 3. The van der Waals surface area contributed by atoms with Gasteiger partial charge >= 0.3 is 0 Å². The fourth-order valence-electron chi connectivity index (χ4n) is 5.19. The van der Waals surface area contributed by atoms with Crippen LogP contribution >= 0.6 is 27.7 Å². The monoisotopic (exact) mass is 495 g/mol. The number of fused-ring (bicyclic) bond motifs is 1. The first-order chi connectivity index (χ1) is 14.3. The van der Waals surface area contributed by atoms with Crippen molar-refractivity contribution in [3.8, 4) is 0 Å². The van der Waals surface area contributed by atoms with Crippen molar-refractivity contribution in [1.29, 1.82) is 0 Å². The molecule has 3 fully saturated rings. The molecule has 3 amide bonds. The molecule has 3 aliphatic rings. The maximum absolute atomic E-state index is 13.5. The van der Waals surface area contributed by atoms with E-state index < -0.39 is 22.6 Å². The van der Waals surface area contributed by atoms with Crippen LogP contribution in [0.4, 0.5) is 5.69 Å². The number of nitrogens with zero attached hydrogens (tertiary/aromatic N) is 1. The minimum absolute atomic E-state index is 0.0292. The van der Waals surface area contributed by atoms with Crippen LogP contribution in [0, 0.1) is 11.8 Å². The standard InChI is InChI=1S/C21H26BrN3O4S/c1-11(2)23-19(28)17-21-10-13(22)16(30-21)14(15(21)20(29)25(17)8-9-26)18(27)24-12-6-4-3-5-7-12/h3-7,11,13-17,26H,8-10H2,1-2H3,(H,23,28)(H,24,27)/t13?,14-,15-,16-,17?,21?/m0/s1. The number of β-amino-alcohol motifs (C(OH)–C–C–N with tert-alkyl or cyclic N) is 1. The van der Waals surface area contributed by atoms with E-state index >= 15 is 0 Å². The van der Waals surface area contributed by atoms with E-state index in [1.165, 1.54) is 4.90 Å². The quantitative estimate of drug-likeness (QED) is 0.520. The summed E-state index contributed by atoms with van der Waals surface area (Å²) in [5.41, 5.74) is 0.683. The second-order valence-electron chi connectivity index (χ2n) is 8.44. The first kappa shape index (κ1) is 21.6. The lowest BCUT2D eigenvalue weighted by molar-refractivity contribution is -0.139. The SMILES string of the molecule is CC(C)NC(=O)C1N(CCO)C(=O)[C@@H]2[C@H](C(=O)Nc3ccccc3)[C@H]3SC12CC3Br. The van der Waals surface area contributed by atoms with Crippen LogP contribution in [-0.2, 0) is 14.4 Å². The smallest absolute Gasteiger partial charge is 0.244 e. The van der Waals surface area contributed by atoms with Crippen LogP contribution in [0.1, 0.15) is 20.3 Å². The summed E-state index contributed by atoms with van der Waals surface area (Å²) < 4.78 is -0.678. The molecule has 1 aromatic rings. The predicted octanol–water partition coefficient (Wildman–Crippen LogP) is 1.61. The van der Waals surface area contributed by atoms with Gasteiger partial charge in [0.1, 0.15) is 6.04 Å². The molecule has 2 bridgehead atoms. The molecule has 6 atom stereocenters. The van der Waals surface area contributed by atoms with Crippen LogP contribution in [0.3, 0.4) is 0 Å². The number of likely N-dealkylation sites (tertiary alicyclic amines) is 1. The second kappa shape index (κ2) is 8.16. The van der Waals surface area contributed by atoms with Gasteiger partial charge in [-0.2, -0.15) is 0 Å². The number of hydrogen-bond donors (Lipinski definition) is 3. The number of rotatable bonds is 6. The van der Waals surface area contributed by atoms with Crippen LogP contribution in [0.15, 0.2) is 30.3 Å². The Bertz CT molecular complexity index is 854. The summed E-state index contributed by atoms with van der Waals surface area (Å²) >= 11 is 5.30. The average Bonchev–Trinajstić information content (AvgIpc) is 3.26. The van der Waals surface area contributed by atoms with Gasteiger partial charge in [-0.1, -0.05) is 34.1 Å². The van der Waals surface area contributed by atoms with Gasteiger partial charge in [0.15, 0.2) is 0 Å². The number of nitrogens with one attached hydrogen (secondary N) is 2. The molecule has 7 nitrogen and oxygen atoms in total. The van der Waals surface area contributed by atoms with Crippen LogP contribution < -0.4 is 10.6 Å². The predicted molar refractivity (Wildman–Crippen MR) is 119 cm³/mol. The first-order valence-corrected chi connectivity index (χ1v) is 12.0. The fraction of sp³-hybridized carbons (Fsp3) is 0.571. The Balaban J connectivity index is 1.69. The van der Waals surface area contributed by atoms with Crippen LogP contribution in [0.2, 0.25) is 0 Å². The molecular formula is C21H26BrN3O4S. The van der Waals surface area contributed by atoms with E-state index in [4.69, 9.17) is 0 Å². The summed E-state index contributed by atoms with van der Waals surface area (Å²) in [6, 6.07) is 8.41. The molecule has 0 radical (unpaired) electrons. The van der Waals surface area contributed by atoms with E-state index in [1.807, 2.05) is 44.2 Å². The van der Waals surface area contributed by atoms with E-state index in [0.29, 0.717) is 12.1 Å². The van der Waals surface area contributed by atoms with Gasteiger partial charge in [0.25, 0.3) is 0 Å². The van der Waals surface area contributed by atoms with Gasteiger partial charge in [-0.25, -0.2) is 0 Å². The van der Waals surface area contributed by atoms with Gasteiger partial charge in [-0.15, -0.1) is 11.8 Å². The maximum Gasteiger partial charge on any atom is 0.244 e. The van der Waals surface area contributed by atoms with Crippen molar-refractivity contribution >= 4 is 51.1 Å². The van der Waals surface area contributed by atoms with Crippen molar-refractivity contribution < 1.29 is 19.5 Å². The van der Waals surface area contributed by atoms with Gasteiger partial charge in [-0.3, -0.25) is 14.4 Å². The summed E-state index contributed by atoms with van der Waals surface area (Å²) in [6.45, 7) is 3.61. The Labute approximate surface area is 188 Å². The van der Waals surface area contributed by atoms with E-state index in [9.17, 15) is 19.5 Å². The maximum atomic E-state index is 13.5. The highest BCUT2D eigenvalue weighted by atomic mass is 79.9. The molecule has 3 aliphatic heterocycles. The third kappa shape index (κ3) is 3.35. The summed E-state index contributed by atoms with van der Waals surface area (Å²) in [4.78, 5) is 41.4. The minimum atomic E-state index is -0.700. The highest BCUT2D eigenvalue weighted by molar-refractivity contribution is 9.09. The van der Waals surface area contributed by atoms with Gasteiger partial charge in [0.2, 0.25) is 17.7 Å². The summed E-state index contributed by atoms with van der Waals surface area (Å²) in [6.07, 6.45) is 0.631. The molecule has 162 valence electrons. The van der Waals surface area contributed by atoms with E-state index in [2.05, 4.69) is 26.6 Å². The number of para-hydroxylation sites is 1. The normalized spacial score (nSPS) is 34.4. The highest BCUT2D eigenvalue weighted by Gasteiger charge is 2.75. The number of anilines is 1. The number of benzene rings is 1. The molecule has 3 heterocycles. The average molecular weight is 496 g/mol. The molecule has 0 aromatic heterocycles. The van der Waals surface area contributed by atoms with E-state index in [1.54, 1.807) is 11.8 Å². The molecule has 0 saturated carbocycles. The summed E-state index contributed by atoms with van der Waals surface area (Å²) in [5, 5.41) is 15.4. The van der Waals surface area contributed by atoms with Crippen molar-refractivity contribution in [3.05, 3.63) is 30.3 Å². The van der Waals surface area contributed by atoms with E-state index in [-0.39, 0.29) is 47.0 Å². The number of carbonyl (C=O) groups excluding carboxylic acids is 3. The largest absolute Gasteiger partial charge is 0.395 e. The molecule has 30 heavy (non-hydrogen) atoms. The lowest BCUT2D eigenvalue weighted by Crippen LogP contribution is -2.55. The molecular weight excluding hydrogens is 470 g/mol. The Morgan fingerprint density at radius 1 is 1.30 bits per heavy atom. The Kier molecular flexibility index (Phi) is 5.89. The molecule has 3 unspecified atom stereocenters. The Morgan fingerprint density at radius 2 is 2.00 bits per heavy atom. The molecule has 3 N–H and O–H groups in total. The number of thioether (sulfide) groups is 1. The molecule has 4 rings (SSSR count). The first-order valence-electron chi connectivity index (χ1n) is 10.2. The number of carbonyl (C=O) groups is 3. The Morgan fingerprint density at radius 3 is 2.63 bits per heavy atom. The van der Waals surface area contributed by atoms with Gasteiger partial charge in [0, 0.05) is 28.4 Å². The lowest BCUT2D eigenvalue weighted by atomic mass is 9.70. The van der Waals surface area contributed by atoms with Crippen molar-refractivity contribution in [2.24, 2.45) is 11.8 Å². The van der Waals surface area contributed by atoms with Crippen LogP contribution in [0.25, 0.3) is 0 Å². The fourth-order valence-corrected chi connectivity index (χ4v) is 8.80. The Hall–Kier alpha value is -1.58. The van der Waals surface area contributed by atoms with Crippen molar-refractivity contribution in [2.75, 3.05) is 18.5 Å². The zero-order valence-electron chi connectivity index (χ0n) is 16.9. The molecule has 3 saturated heterocycles.